The molecule has 0 bridgehead atoms. The molecule has 1 unspecified atom stereocenters. The quantitative estimate of drug-likeness (QED) is 0.444. The van der Waals surface area contributed by atoms with Crippen molar-refractivity contribution >= 4 is 11.5 Å². The number of aromatic nitrogens is 3. The predicted octanol–water partition coefficient (Wildman–Crippen LogP) is 5.83. The topological polar surface area (TPSA) is 54.2 Å². The molecule has 1 aliphatic carbocycles. The highest BCUT2D eigenvalue weighted by Gasteiger charge is 2.11. The molecule has 0 spiro atoms. The van der Waals surface area contributed by atoms with Crippen molar-refractivity contribution in [2.75, 3.05) is 18.4 Å². The van der Waals surface area contributed by atoms with E-state index in [0.717, 1.165) is 54.2 Å². The van der Waals surface area contributed by atoms with Crippen molar-refractivity contribution in [2.24, 2.45) is 5.92 Å². The summed E-state index contributed by atoms with van der Waals surface area (Å²) in [5.74, 6) is 1.47. The molecule has 2 aromatic heterocycles. The fourth-order valence-corrected chi connectivity index (χ4v) is 4.07. The van der Waals surface area contributed by atoms with E-state index in [1.807, 2.05) is 10.7 Å². The Morgan fingerprint density at radius 2 is 1.78 bits per heavy atom. The van der Waals surface area contributed by atoms with E-state index in [0.29, 0.717) is 5.92 Å². The van der Waals surface area contributed by atoms with E-state index < -0.39 is 0 Å². The van der Waals surface area contributed by atoms with Crippen LogP contribution in [0.2, 0.25) is 0 Å². The molecule has 0 saturated heterocycles. The molecule has 4 rings (SSSR count). The Bertz CT molecular complexity index is 1180. The zero-order chi connectivity index (χ0) is 22.5. The van der Waals surface area contributed by atoms with Crippen LogP contribution in [0, 0.1) is 19.8 Å². The number of nitrogens with one attached hydrogen (secondary N) is 2. The minimum atomic E-state index is 0.488. The number of fused-ring (bicyclic) bond motifs is 1. The van der Waals surface area contributed by atoms with Crippen molar-refractivity contribution in [3.05, 3.63) is 83.2 Å². The number of unbranched alkanes of at least 4 members (excludes halogenated alkanes) is 1. The van der Waals surface area contributed by atoms with E-state index >= 15 is 0 Å². The summed E-state index contributed by atoms with van der Waals surface area (Å²) in [5.41, 5.74) is 7.85. The van der Waals surface area contributed by atoms with E-state index in [1.165, 1.54) is 16.8 Å². The Labute approximate surface area is 191 Å². The van der Waals surface area contributed by atoms with Gasteiger partial charge in [-0.3, -0.25) is 0 Å². The maximum absolute atomic E-state index is 4.89. The molecule has 0 radical (unpaired) electrons. The molecule has 5 nitrogen and oxygen atoms in total. The van der Waals surface area contributed by atoms with Gasteiger partial charge in [0.1, 0.15) is 5.82 Å². The average Bonchev–Trinajstić information content (AvgIpc) is 3.06. The molecule has 1 atom stereocenters. The summed E-state index contributed by atoms with van der Waals surface area (Å²) in [6.45, 7) is 10.4. The van der Waals surface area contributed by atoms with Gasteiger partial charge in [0.05, 0.1) is 11.9 Å². The van der Waals surface area contributed by atoms with E-state index in [-0.39, 0.29) is 0 Å². The van der Waals surface area contributed by atoms with Crippen molar-refractivity contribution < 1.29 is 0 Å². The van der Waals surface area contributed by atoms with E-state index in [1.54, 1.807) is 0 Å². The van der Waals surface area contributed by atoms with Crippen molar-refractivity contribution in [2.45, 2.75) is 40.5 Å². The number of benzene rings is 1. The maximum Gasteiger partial charge on any atom is 0.160 e. The van der Waals surface area contributed by atoms with E-state index in [4.69, 9.17) is 4.98 Å². The van der Waals surface area contributed by atoms with E-state index in [9.17, 15) is 0 Å². The minimum Gasteiger partial charge on any atom is -0.385 e. The fraction of sp³-hybridized carbons (Fsp3) is 0.333. The van der Waals surface area contributed by atoms with Gasteiger partial charge in [-0.05, 0) is 57.2 Å². The third kappa shape index (κ3) is 5.10. The number of nitrogens with zero attached hydrogens (tertiary/aromatic N) is 3. The number of allylic oxidation sites excluding steroid dienone is 5. The lowest BCUT2D eigenvalue weighted by molar-refractivity contribution is 0.700. The Kier molecular flexibility index (Phi) is 6.74. The van der Waals surface area contributed by atoms with Gasteiger partial charge in [0.25, 0.3) is 0 Å². The van der Waals surface area contributed by atoms with Crippen LogP contribution in [0.25, 0.3) is 16.9 Å². The molecule has 2 N–H and O–H groups in total. The zero-order valence-corrected chi connectivity index (χ0v) is 19.5. The summed E-state index contributed by atoms with van der Waals surface area (Å²) < 4.78 is 1.91. The fourth-order valence-electron chi connectivity index (χ4n) is 4.07. The van der Waals surface area contributed by atoms with Crippen molar-refractivity contribution in [3.8, 4) is 11.3 Å². The van der Waals surface area contributed by atoms with Crippen LogP contribution in [0.15, 0.2) is 72.1 Å². The van der Waals surface area contributed by atoms with Crippen LogP contribution in [0.4, 0.5) is 5.82 Å². The smallest absolute Gasteiger partial charge is 0.160 e. The summed E-state index contributed by atoms with van der Waals surface area (Å²) in [6.07, 6.45) is 13.0. The summed E-state index contributed by atoms with van der Waals surface area (Å²) in [6, 6.07) is 10.5. The molecule has 0 fully saturated rings. The van der Waals surface area contributed by atoms with Crippen LogP contribution in [-0.2, 0) is 0 Å². The third-order valence-electron chi connectivity index (χ3n) is 5.80. The van der Waals surface area contributed by atoms with Gasteiger partial charge in [-0.25, -0.2) is 4.98 Å². The standard InChI is InChI=1S/C27H33N5/c1-19-11-12-23(16-20(2)15-19)28-13-7-8-14-29-26-17-25(24-10-6-5-9-21(24)3)31-27-22(4)18-30-32(26)27/h5-6,9-12,15-19,28-29H,7-8,13-14H2,1-4H3. The van der Waals surface area contributed by atoms with Gasteiger partial charge in [0, 0.05) is 36.0 Å². The SMILES string of the molecule is CC1=CC(C)C=CC(NCCCCNc2cc(-c3ccccc3C)nc3c(C)cnn23)=C1. The molecular weight excluding hydrogens is 394 g/mol. The number of anilines is 1. The van der Waals surface area contributed by atoms with Crippen LogP contribution in [0.3, 0.4) is 0 Å². The number of rotatable bonds is 8. The highest BCUT2D eigenvalue weighted by Crippen LogP contribution is 2.26. The molecule has 5 heteroatoms. The summed E-state index contributed by atoms with van der Waals surface area (Å²) in [4.78, 5) is 4.89. The highest BCUT2D eigenvalue weighted by molar-refractivity contribution is 5.70. The third-order valence-corrected chi connectivity index (χ3v) is 5.80. The average molecular weight is 428 g/mol. The molecular formula is C27H33N5. The largest absolute Gasteiger partial charge is 0.385 e. The molecule has 1 aliphatic rings. The van der Waals surface area contributed by atoms with Crippen molar-refractivity contribution in [1.29, 1.82) is 0 Å². The monoisotopic (exact) mass is 427 g/mol. The molecule has 0 saturated carbocycles. The first-order valence-electron chi connectivity index (χ1n) is 11.5. The van der Waals surface area contributed by atoms with Crippen molar-refractivity contribution in [1.82, 2.24) is 19.9 Å². The van der Waals surface area contributed by atoms with Gasteiger partial charge in [-0.15, -0.1) is 0 Å². The first-order chi connectivity index (χ1) is 15.5. The molecule has 0 aliphatic heterocycles. The van der Waals surface area contributed by atoms with Crippen molar-refractivity contribution in [3.63, 3.8) is 0 Å². The first kappa shape index (κ1) is 21.9. The van der Waals surface area contributed by atoms with Gasteiger partial charge in [-0.1, -0.05) is 48.9 Å². The van der Waals surface area contributed by atoms with Crippen LogP contribution >= 0.6 is 0 Å². The van der Waals surface area contributed by atoms with Gasteiger partial charge < -0.3 is 10.6 Å². The Morgan fingerprint density at radius 1 is 1.00 bits per heavy atom. The molecule has 0 amide bonds. The van der Waals surface area contributed by atoms with Crippen LogP contribution in [-0.4, -0.2) is 27.7 Å². The summed E-state index contributed by atoms with van der Waals surface area (Å²) in [7, 11) is 0. The van der Waals surface area contributed by atoms with Gasteiger partial charge in [0.15, 0.2) is 5.65 Å². The van der Waals surface area contributed by atoms with Gasteiger partial charge >= 0.3 is 0 Å². The first-order valence-corrected chi connectivity index (χ1v) is 11.5. The predicted molar refractivity (Wildman–Crippen MR) is 134 cm³/mol. The second-order valence-corrected chi connectivity index (χ2v) is 8.69. The zero-order valence-electron chi connectivity index (χ0n) is 19.5. The highest BCUT2D eigenvalue weighted by atomic mass is 15.3. The normalized spacial score (nSPS) is 15.9. The lowest BCUT2D eigenvalue weighted by Crippen LogP contribution is -2.15. The lowest BCUT2D eigenvalue weighted by Gasteiger charge is -2.12. The van der Waals surface area contributed by atoms with Crippen LogP contribution in [0.5, 0.6) is 0 Å². The number of hydrogen-bond acceptors (Lipinski definition) is 4. The van der Waals surface area contributed by atoms with E-state index in [2.05, 4.69) is 98.1 Å². The van der Waals surface area contributed by atoms with Gasteiger partial charge in [0.2, 0.25) is 0 Å². The Morgan fingerprint density at radius 3 is 2.59 bits per heavy atom. The molecule has 166 valence electrons. The minimum absolute atomic E-state index is 0.488. The number of aryl methyl sites for hydroxylation is 2. The second-order valence-electron chi connectivity index (χ2n) is 8.69. The van der Waals surface area contributed by atoms with Crippen LogP contribution < -0.4 is 10.6 Å². The van der Waals surface area contributed by atoms with Crippen LogP contribution in [0.1, 0.15) is 37.8 Å². The number of hydrogen-bond donors (Lipinski definition) is 2. The molecule has 32 heavy (non-hydrogen) atoms. The summed E-state index contributed by atoms with van der Waals surface area (Å²) >= 11 is 0. The molecule has 2 heterocycles. The van der Waals surface area contributed by atoms with Gasteiger partial charge in [-0.2, -0.15) is 9.61 Å². The Balaban J connectivity index is 1.38. The summed E-state index contributed by atoms with van der Waals surface area (Å²) in [5, 5.41) is 11.7. The second kappa shape index (κ2) is 9.86. The maximum atomic E-state index is 4.89. The molecule has 1 aromatic carbocycles. The lowest BCUT2D eigenvalue weighted by atomic mass is 10.1. The molecule has 3 aromatic rings. The Hall–Kier alpha value is -3.34.